The van der Waals surface area contributed by atoms with E-state index in [-0.39, 0.29) is 17.2 Å². The molecule has 0 spiro atoms. The van der Waals surface area contributed by atoms with Crippen molar-refractivity contribution in [3.05, 3.63) is 62.4 Å². The van der Waals surface area contributed by atoms with Gasteiger partial charge in [-0.3, -0.25) is 0 Å². The van der Waals surface area contributed by atoms with E-state index in [1.54, 1.807) is 18.2 Å². The van der Waals surface area contributed by atoms with E-state index in [0.717, 1.165) is 0 Å². The van der Waals surface area contributed by atoms with E-state index in [1.165, 1.54) is 19.2 Å². The first-order chi connectivity index (χ1) is 11.5. The highest BCUT2D eigenvalue weighted by Crippen LogP contribution is 2.48. The second-order valence-corrected chi connectivity index (χ2v) is 6.45. The summed E-state index contributed by atoms with van der Waals surface area (Å²) in [7, 11) is 1.54. The number of halogens is 2. The molecule has 0 aliphatic carbocycles. The standard InChI is InChI=1S/C17H12BrClN2O3/c1-23-16-11(4-8(19)5-13(16)18)15-10-3-2-9(22)6-14(10)24-17(21)12(15)7-20/h2-6,15,22H,21H2,1H3/t15-/m0/s1. The second-order valence-electron chi connectivity index (χ2n) is 5.16. The Bertz CT molecular complexity index is 905. The molecule has 24 heavy (non-hydrogen) atoms. The average molecular weight is 408 g/mol. The first-order valence-electron chi connectivity index (χ1n) is 6.89. The molecule has 1 aliphatic heterocycles. The highest BCUT2D eigenvalue weighted by atomic mass is 79.9. The number of benzene rings is 2. The number of phenolic OH excluding ortho intramolecular Hbond substituents is 1. The Balaban J connectivity index is 2.32. The molecule has 0 radical (unpaired) electrons. The summed E-state index contributed by atoms with van der Waals surface area (Å²) < 4.78 is 11.6. The monoisotopic (exact) mass is 406 g/mol. The molecule has 0 amide bonds. The zero-order chi connectivity index (χ0) is 17.4. The summed E-state index contributed by atoms with van der Waals surface area (Å²) in [4.78, 5) is 0. The number of methoxy groups -OCH3 is 1. The Hall–Kier alpha value is -2.36. The number of aromatic hydroxyl groups is 1. The van der Waals surface area contributed by atoms with Gasteiger partial charge < -0.3 is 20.3 Å². The quantitative estimate of drug-likeness (QED) is 0.784. The van der Waals surface area contributed by atoms with Crippen LogP contribution in [0.1, 0.15) is 17.0 Å². The maximum absolute atomic E-state index is 9.69. The van der Waals surface area contributed by atoms with Gasteiger partial charge in [-0.2, -0.15) is 5.26 Å². The van der Waals surface area contributed by atoms with Gasteiger partial charge in [0.1, 0.15) is 28.9 Å². The van der Waals surface area contributed by atoms with Crippen molar-refractivity contribution in [2.24, 2.45) is 5.73 Å². The SMILES string of the molecule is COc1c(Br)cc(Cl)cc1[C@H]1C(C#N)=C(N)Oc2cc(O)ccc21. The van der Waals surface area contributed by atoms with Gasteiger partial charge in [-0.05, 0) is 34.1 Å². The minimum atomic E-state index is -0.524. The minimum Gasteiger partial charge on any atom is -0.508 e. The van der Waals surface area contributed by atoms with Crippen molar-refractivity contribution < 1.29 is 14.6 Å². The van der Waals surface area contributed by atoms with Crippen LogP contribution in [0.25, 0.3) is 0 Å². The van der Waals surface area contributed by atoms with Crippen LogP contribution in [0.2, 0.25) is 5.02 Å². The van der Waals surface area contributed by atoms with Crippen molar-refractivity contribution in [1.29, 1.82) is 5.26 Å². The maximum atomic E-state index is 9.69. The topological polar surface area (TPSA) is 88.5 Å². The molecule has 0 fully saturated rings. The lowest BCUT2D eigenvalue weighted by atomic mass is 9.83. The molecule has 3 rings (SSSR count). The minimum absolute atomic E-state index is 0.0150. The molecular weight excluding hydrogens is 396 g/mol. The fourth-order valence-electron chi connectivity index (χ4n) is 2.77. The normalized spacial score (nSPS) is 16.2. The van der Waals surface area contributed by atoms with E-state index in [9.17, 15) is 10.4 Å². The first-order valence-corrected chi connectivity index (χ1v) is 8.06. The predicted molar refractivity (Wildman–Crippen MR) is 93.1 cm³/mol. The number of nitriles is 1. The average Bonchev–Trinajstić information content (AvgIpc) is 2.52. The molecule has 0 bridgehead atoms. The lowest BCUT2D eigenvalue weighted by molar-refractivity contribution is 0.382. The Kier molecular flexibility index (Phi) is 4.31. The summed E-state index contributed by atoms with van der Waals surface area (Å²) in [5.41, 5.74) is 7.53. The van der Waals surface area contributed by atoms with Crippen LogP contribution in [0.4, 0.5) is 0 Å². The van der Waals surface area contributed by atoms with Gasteiger partial charge in [0.05, 0.1) is 17.5 Å². The van der Waals surface area contributed by atoms with E-state index in [1.807, 2.05) is 0 Å². The van der Waals surface area contributed by atoms with E-state index in [0.29, 0.717) is 32.1 Å². The number of rotatable bonds is 2. The van der Waals surface area contributed by atoms with E-state index < -0.39 is 5.92 Å². The smallest absolute Gasteiger partial charge is 0.205 e. The molecule has 0 saturated carbocycles. The predicted octanol–water partition coefficient (Wildman–Crippen LogP) is 4.03. The fraction of sp³-hybridized carbons (Fsp3) is 0.118. The highest BCUT2D eigenvalue weighted by Gasteiger charge is 2.33. The van der Waals surface area contributed by atoms with Crippen LogP contribution in [-0.2, 0) is 0 Å². The van der Waals surface area contributed by atoms with Crippen LogP contribution >= 0.6 is 27.5 Å². The number of hydrogen-bond donors (Lipinski definition) is 2. The Morgan fingerprint density at radius 2 is 2.08 bits per heavy atom. The van der Waals surface area contributed by atoms with Crippen molar-refractivity contribution in [2.45, 2.75) is 5.92 Å². The van der Waals surface area contributed by atoms with Gasteiger partial charge in [-0.25, -0.2) is 0 Å². The van der Waals surface area contributed by atoms with Crippen LogP contribution in [0.15, 0.2) is 46.3 Å². The number of nitrogens with zero attached hydrogens (tertiary/aromatic N) is 1. The van der Waals surface area contributed by atoms with Gasteiger partial charge in [0.25, 0.3) is 0 Å². The van der Waals surface area contributed by atoms with Crippen LogP contribution in [0, 0.1) is 11.3 Å². The molecule has 0 unspecified atom stereocenters. The van der Waals surface area contributed by atoms with Gasteiger partial charge >= 0.3 is 0 Å². The third kappa shape index (κ3) is 2.66. The third-order valence-electron chi connectivity index (χ3n) is 3.75. The molecule has 1 heterocycles. The van der Waals surface area contributed by atoms with Gasteiger partial charge in [0, 0.05) is 22.2 Å². The Morgan fingerprint density at radius 1 is 1.33 bits per heavy atom. The molecule has 2 aromatic carbocycles. The number of hydrogen-bond acceptors (Lipinski definition) is 5. The zero-order valence-corrected chi connectivity index (χ0v) is 14.9. The zero-order valence-electron chi connectivity index (χ0n) is 12.5. The lowest BCUT2D eigenvalue weighted by Crippen LogP contribution is -2.21. The molecular formula is C17H12BrClN2O3. The number of fused-ring (bicyclic) bond motifs is 1. The number of nitrogens with two attached hydrogens (primary N) is 1. The molecule has 1 atom stereocenters. The van der Waals surface area contributed by atoms with Crippen LogP contribution in [-0.4, -0.2) is 12.2 Å². The van der Waals surface area contributed by atoms with Crippen LogP contribution in [0.3, 0.4) is 0 Å². The third-order valence-corrected chi connectivity index (χ3v) is 4.56. The highest BCUT2D eigenvalue weighted by molar-refractivity contribution is 9.10. The number of phenols is 1. The van der Waals surface area contributed by atoms with Gasteiger partial charge in [0.2, 0.25) is 5.88 Å². The molecule has 0 saturated heterocycles. The van der Waals surface area contributed by atoms with Crippen molar-refractivity contribution in [2.75, 3.05) is 7.11 Å². The number of ether oxygens (including phenoxy) is 2. The van der Waals surface area contributed by atoms with Crippen molar-refractivity contribution in [3.63, 3.8) is 0 Å². The van der Waals surface area contributed by atoms with Gasteiger partial charge in [-0.1, -0.05) is 17.7 Å². The lowest BCUT2D eigenvalue weighted by Gasteiger charge is -2.28. The Morgan fingerprint density at radius 3 is 2.75 bits per heavy atom. The van der Waals surface area contributed by atoms with Crippen LogP contribution in [0.5, 0.6) is 17.2 Å². The summed E-state index contributed by atoms with van der Waals surface area (Å²) in [6.45, 7) is 0. The Labute approximate surface area is 152 Å². The molecule has 122 valence electrons. The second kappa shape index (κ2) is 6.27. The van der Waals surface area contributed by atoms with Gasteiger partial charge in [-0.15, -0.1) is 0 Å². The molecule has 0 aromatic heterocycles. The van der Waals surface area contributed by atoms with E-state index >= 15 is 0 Å². The van der Waals surface area contributed by atoms with Crippen LogP contribution < -0.4 is 15.2 Å². The van der Waals surface area contributed by atoms with Gasteiger partial charge in [0.15, 0.2) is 0 Å². The maximum Gasteiger partial charge on any atom is 0.205 e. The fourth-order valence-corrected chi connectivity index (χ4v) is 3.77. The number of allylic oxidation sites excluding steroid dienone is 1. The van der Waals surface area contributed by atoms with E-state index in [2.05, 4.69) is 22.0 Å². The molecule has 1 aliphatic rings. The molecule has 7 heteroatoms. The molecule has 5 nitrogen and oxygen atoms in total. The summed E-state index contributed by atoms with van der Waals surface area (Å²) in [6.07, 6.45) is 0. The van der Waals surface area contributed by atoms with E-state index in [4.69, 9.17) is 26.8 Å². The van der Waals surface area contributed by atoms with Crippen molar-refractivity contribution in [3.8, 4) is 23.3 Å². The summed E-state index contributed by atoms with van der Waals surface area (Å²) in [5, 5.41) is 19.7. The summed E-state index contributed by atoms with van der Waals surface area (Å²) in [5.74, 6) is 0.434. The summed E-state index contributed by atoms with van der Waals surface area (Å²) >= 11 is 9.61. The van der Waals surface area contributed by atoms with Crippen molar-refractivity contribution in [1.82, 2.24) is 0 Å². The summed E-state index contributed by atoms with van der Waals surface area (Å²) in [6, 6.07) is 10.2. The largest absolute Gasteiger partial charge is 0.508 e. The van der Waals surface area contributed by atoms with Crippen molar-refractivity contribution >= 4 is 27.5 Å². The first kappa shape index (κ1) is 16.5. The molecule has 2 aromatic rings. The molecule has 3 N–H and O–H groups in total.